The van der Waals surface area contributed by atoms with Gasteiger partial charge in [-0.05, 0) is 48.2 Å². The maximum Gasteiger partial charge on any atom is 0.142 e. The Balaban J connectivity index is 1.55. The summed E-state index contributed by atoms with van der Waals surface area (Å²) in [5.74, 6) is 0.685. The summed E-state index contributed by atoms with van der Waals surface area (Å²) in [7, 11) is 0. The number of β-amino-alcohol motifs (C(OH)–C–C–N with tert-alkyl or cyclic N) is 1. The molecule has 30 heavy (non-hydrogen) atoms. The van der Waals surface area contributed by atoms with Crippen molar-refractivity contribution in [3.63, 3.8) is 0 Å². The van der Waals surface area contributed by atoms with Crippen LogP contribution in [0.15, 0.2) is 30.3 Å². The minimum Gasteiger partial charge on any atom is -0.491 e. The standard InChI is InChI=1S/C23H28Cl2FNO3/c1-14(2)18-5-4-17(8-15(18)3)30-13-16(28)11-27-6-7-29-23(12-27)19-9-22(26)21(25)10-20(19)24/h4-5,8-10,14,16,23,28H,6-7,11-13H2,1-3H3. The fourth-order valence-electron chi connectivity index (χ4n) is 3.77. The Morgan fingerprint density at radius 2 is 2.00 bits per heavy atom. The number of ether oxygens (including phenoxy) is 2. The Morgan fingerprint density at radius 1 is 1.23 bits per heavy atom. The summed E-state index contributed by atoms with van der Waals surface area (Å²) >= 11 is 12.0. The molecule has 1 N–H and O–H groups in total. The number of aryl methyl sites for hydroxylation is 1. The molecule has 0 amide bonds. The fourth-order valence-corrected chi connectivity index (χ4v) is 4.28. The first-order chi connectivity index (χ1) is 14.2. The van der Waals surface area contributed by atoms with Crippen molar-refractivity contribution in [2.45, 2.75) is 38.9 Å². The van der Waals surface area contributed by atoms with E-state index in [-0.39, 0.29) is 17.7 Å². The second-order valence-electron chi connectivity index (χ2n) is 8.04. The fraction of sp³-hybridized carbons (Fsp3) is 0.478. The monoisotopic (exact) mass is 455 g/mol. The Kier molecular flexibility index (Phi) is 7.99. The van der Waals surface area contributed by atoms with Gasteiger partial charge in [-0.15, -0.1) is 0 Å². The highest BCUT2D eigenvalue weighted by molar-refractivity contribution is 6.35. The van der Waals surface area contributed by atoms with Gasteiger partial charge in [0.2, 0.25) is 0 Å². The van der Waals surface area contributed by atoms with Crippen molar-refractivity contribution in [1.82, 2.24) is 4.90 Å². The average Bonchev–Trinajstić information content (AvgIpc) is 2.69. The predicted molar refractivity (Wildman–Crippen MR) is 118 cm³/mol. The normalized spacial score (nSPS) is 18.6. The van der Waals surface area contributed by atoms with E-state index in [1.807, 2.05) is 12.1 Å². The molecule has 0 bridgehead atoms. The molecule has 7 heteroatoms. The van der Waals surface area contributed by atoms with Crippen molar-refractivity contribution in [3.05, 3.63) is 62.9 Å². The van der Waals surface area contributed by atoms with Gasteiger partial charge in [-0.3, -0.25) is 4.90 Å². The van der Waals surface area contributed by atoms with E-state index in [2.05, 4.69) is 31.7 Å². The summed E-state index contributed by atoms with van der Waals surface area (Å²) < 4.78 is 25.4. The molecule has 1 heterocycles. The number of hydrogen-bond acceptors (Lipinski definition) is 4. The maximum absolute atomic E-state index is 13.9. The zero-order chi connectivity index (χ0) is 21.8. The lowest BCUT2D eigenvalue weighted by Crippen LogP contribution is -2.43. The first-order valence-corrected chi connectivity index (χ1v) is 10.9. The largest absolute Gasteiger partial charge is 0.491 e. The zero-order valence-corrected chi connectivity index (χ0v) is 19.0. The minimum absolute atomic E-state index is 0.0133. The summed E-state index contributed by atoms with van der Waals surface area (Å²) in [5, 5.41) is 10.8. The van der Waals surface area contributed by atoms with Gasteiger partial charge in [-0.2, -0.15) is 0 Å². The molecular weight excluding hydrogens is 428 g/mol. The van der Waals surface area contributed by atoms with Gasteiger partial charge in [0.15, 0.2) is 0 Å². The molecule has 0 aliphatic carbocycles. The quantitative estimate of drug-likeness (QED) is 0.569. The molecule has 0 saturated carbocycles. The first-order valence-electron chi connectivity index (χ1n) is 10.1. The Morgan fingerprint density at radius 3 is 2.70 bits per heavy atom. The highest BCUT2D eigenvalue weighted by Crippen LogP contribution is 2.32. The summed E-state index contributed by atoms with van der Waals surface area (Å²) in [5.41, 5.74) is 3.04. The van der Waals surface area contributed by atoms with E-state index in [9.17, 15) is 9.50 Å². The molecule has 1 aliphatic heterocycles. The van der Waals surface area contributed by atoms with Crippen molar-refractivity contribution in [3.8, 4) is 5.75 Å². The average molecular weight is 456 g/mol. The highest BCUT2D eigenvalue weighted by Gasteiger charge is 2.26. The Labute approximate surface area is 187 Å². The lowest BCUT2D eigenvalue weighted by atomic mass is 9.98. The molecule has 3 rings (SSSR count). The lowest BCUT2D eigenvalue weighted by molar-refractivity contribution is -0.0460. The number of halogens is 3. The molecule has 1 saturated heterocycles. The van der Waals surface area contributed by atoms with Crippen molar-refractivity contribution in [2.75, 3.05) is 32.8 Å². The maximum atomic E-state index is 13.9. The molecular formula is C23H28Cl2FNO3. The van der Waals surface area contributed by atoms with Crippen molar-refractivity contribution < 1.29 is 19.0 Å². The van der Waals surface area contributed by atoms with Crippen molar-refractivity contribution >= 4 is 23.2 Å². The van der Waals surface area contributed by atoms with E-state index in [4.69, 9.17) is 32.7 Å². The van der Waals surface area contributed by atoms with Crippen LogP contribution in [-0.4, -0.2) is 49.0 Å². The first kappa shape index (κ1) is 23.3. The highest BCUT2D eigenvalue weighted by atomic mass is 35.5. The zero-order valence-electron chi connectivity index (χ0n) is 17.5. The van der Waals surface area contributed by atoms with Gasteiger partial charge in [-0.25, -0.2) is 4.39 Å². The number of nitrogens with zero attached hydrogens (tertiary/aromatic N) is 1. The summed E-state index contributed by atoms with van der Waals surface area (Å²) in [6, 6.07) is 8.73. The van der Waals surface area contributed by atoms with Crippen molar-refractivity contribution in [1.29, 1.82) is 0 Å². The molecule has 2 atom stereocenters. The molecule has 1 fully saturated rings. The molecule has 2 unspecified atom stereocenters. The van der Waals surface area contributed by atoms with E-state index < -0.39 is 11.9 Å². The van der Waals surface area contributed by atoms with Crippen LogP contribution in [0.3, 0.4) is 0 Å². The second kappa shape index (κ2) is 10.3. The second-order valence-corrected chi connectivity index (χ2v) is 8.86. The van der Waals surface area contributed by atoms with Crippen LogP contribution in [0.5, 0.6) is 5.75 Å². The molecule has 164 valence electrons. The number of rotatable bonds is 7. The molecule has 2 aromatic carbocycles. The van der Waals surface area contributed by atoms with Crippen LogP contribution in [-0.2, 0) is 4.74 Å². The van der Waals surface area contributed by atoms with Crippen LogP contribution >= 0.6 is 23.2 Å². The number of aliphatic hydroxyl groups excluding tert-OH is 1. The van der Waals surface area contributed by atoms with Crippen LogP contribution < -0.4 is 4.74 Å². The third kappa shape index (κ3) is 5.86. The van der Waals surface area contributed by atoms with E-state index in [0.29, 0.717) is 42.7 Å². The van der Waals surface area contributed by atoms with Gasteiger partial charge in [0.1, 0.15) is 24.3 Å². The predicted octanol–water partition coefficient (Wildman–Crippen LogP) is 5.38. The van der Waals surface area contributed by atoms with E-state index in [1.165, 1.54) is 23.3 Å². The molecule has 4 nitrogen and oxygen atoms in total. The Hall–Kier alpha value is -1.37. The number of hydrogen-bond donors (Lipinski definition) is 1. The minimum atomic E-state index is -0.661. The van der Waals surface area contributed by atoms with Gasteiger partial charge in [-0.1, -0.05) is 43.1 Å². The van der Waals surface area contributed by atoms with Crippen LogP contribution in [0, 0.1) is 12.7 Å². The molecule has 0 radical (unpaired) electrons. The lowest BCUT2D eigenvalue weighted by Gasteiger charge is -2.34. The summed E-state index contributed by atoms with van der Waals surface area (Å²) in [6.07, 6.45) is -1.04. The summed E-state index contributed by atoms with van der Waals surface area (Å²) in [4.78, 5) is 2.07. The number of benzene rings is 2. The van der Waals surface area contributed by atoms with Gasteiger partial charge >= 0.3 is 0 Å². The van der Waals surface area contributed by atoms with Gasteiger partial charge < -0.3 is 14.6 Å². The molecule has 0 aromatic heterocycles. The van der Waals surface area contributed by atoms with Crippen molar-refractivity contribution in [2.24, 2.45) is 0 Å². The van der Waals surface area contributed by atoms with Gasteiger partial charge in [0.25, 0.3) is 0 Å². The van der Waals surface area contributed by atoms with Crippen LogP contribution in [0.4, 0.5) is 4.39 Å². The number of morpholine rings is 1. The third-order valence-electron chi connectivity index (χ3n) is 5.31. The smallest absolute Gasteiger partial charge is 0.142 e. The molecule has 1 aliphatic rings. The van der Waals surface area contributed by atoms with Gasteiger partial charge in [0.05, 0.1) is 17.7 Å². The SMILES string of the molecule is Cc1cc(OCC(O)CN2CCOC(c3cc(F)c(Cl)cc3Cl)C2)ccc1C(C)C. The van der Waals surface area contributed by atoms with Crippen LogP contribution in [0.25, 0.3) is 0 Å². The van der Waals surface area contributed by atoms with Gasteiger partial charge in [0, 0.05) is 30.2 Å². The topological polar surface area (TPSA) is 41.9 Å². The van der Waals surface area contributed by atoms with Crippen LogP contribution in [0.1, 0.15) is 42.6 Å². The number of aliphatic hydroxyl groups is 1. The molecule has 0 spiro atoms. The summed E-state index contributed by atoms with van der Waals surface area (Å²) in [6.45, 7) is 8.65. The Bertz CT molecular complexity index is 878. The van der Waals surface area contributed by atoms with E-state index in [0.717, 1.165) is 5.75 Å². The van der Waals surface area contributed by atoms with Crippen LogP contribution in [0.2, 0.25) is 10.0 Å². The molecule has 2 aromatic rings. The van der Waals surface area contributed by atoms with E-state index in [1.54, 1.807) is 0 Å². The van der Waals surface area contributed by atoms with E-state index >= 15 is 0 Å². The third-order valence-corrected chi connectivity index (χ3v) is 5.93.